The zero-order valence-electron chi connectivity index (χ0n) is 14.0. The first-order valence-corrected chi connectivity index (χ1v) is 8.50. The molecule has 7 nitrogen and oxygen atoms in total. The molecule has 7 heteroatoms. The first kappa shape index (κ1) is 15.2. The van der Waals surface area contributed by atoms with Crippen LogP contribution < -0.4 is 5.73 Å². The minimum Gasteiger partial charge on any atom is -0.363 e. The van der Waals surface area contributed by atoms with E-state index in [9.17, 15) is 4.79 Å². The molecule has 26 heavy (non-hydrogen) atoms. The second kappa shape index (κ2) is 5.48. The number of nitrogens with zero attached hydrogens (tertiary/aromatic N) is 4. The van der Waals surface area contributed by atoms with Gasteiger partial charge < -0.3 is 10.5 Å². The van der Waals surface area contributed by atoms with Crippen molar-refractivity contribution < 1.29 is 9.53 Å². The van der Waals surface area contributed by atoms with Crippen LogP contribution in [-0.2, 0) is 17.0 Å². The van der Waals surface area contributed by atoms with E-state index >= 15 is 0 Å². The predicted molar refractivity (Wildman–Crippen MR) is 93.5 cm³/mol. The van der Waals surface area contributed by atoms with E-state index in [0.717, 1.165) is 23.4 Å². The third-order valence-corrected chi connectivity index (χ3v) is 5.01. The van der Waals surface area contributed by atoms with Crippen LogP contribution in [0.5, 0.6) is 0 Å². The van der Waals surface area contributed by atoms with Gasteiger partial charge in [0.1, 0.15) is 5.82 Å². The third-order valence-electron chi connectivity index (χ3n) is 5.01. The highest BCUT2D eigenvalue weighted by Gasteiger charge is 2.49. The summed E-state index contributed by atoms with van der Waals surface area (Å²) in [5.74, 6) is 0.0757. The van der Waals surface area contributed by atoms with Gasteiger partial charge in [0.15, 0.2) is 5.72 Å². The Kier molecular flexibility index (Phi) is 3.22. The number of para-hydroxylation sites is 1. The molecule has 1 amide bonds. The summed E-state index contributed by atoms with van der Waals surface area (Å²) < 4.78 is 8.09. The Hall–Kier alpha value is -3.03. The van der Waals surface area contributed by atoms with E-state index in [-0.39, 0.29) is 5.82 Å². The highest BCUT2D eigenvalue weighted by Crippen LogP contribution is 2.45. The second-order valence-electron chi connectivity index (χ2n) is 6.42. The molecule has 1 unspecified atom stereocenters. The van der Waals surface area contributed by atoms with Crippen LogP contribution in [0, 0.1) is 0 Å². The lowest BCUT2D eigenvalue weighted by Gasteiger charge is -2.36. The molecule has 130 valence electrons. The summed E-state index contributed by atoms with van der Waals surface area (Å²) >= 11 is 0. The van der Waals surface area contributed by atoms with Crippen molar-refractivity contribution in [2.45, 2.75) is 12.3 Å². The molecule has 1 saturated heterocycles. The molecule has 1 atom stereocenters. The molecule has 3 aromatic rings. The summed E-state index contributed by atoms with van der Waals surface area (Å²) in [5.41, 5.74) is 7.57. The minimum atomic E-state index is -0.701. The van der Waals surface area contributed by atoms with Crippen molar-refractivity contribution >= 4 is 5.91 Å². The van der Waals surface area contributed by atoms with Crippen molar-refractivity contribution in [3.8, 4) is 5.69 Å². The Morgan fingerprint density at radius 1 is 1.12 bits per heavy atom. The number of amides is 1. The molecule has 0 bridgehead atoms. The van der Waals surface area contributed by atoms with Crippen molar-refractivity contribution in [2.75, 3.05) is 13.2 Å². The van der Waals surface area contributed by atoms with Gasteiger partial charge in [0.05, 0.1) is 18.8 Å². The average Bonchev–Trinajstić information content (AvgIpc) is 3.26. The highest BCUT2D eigenvalue weighted by atomic mass is 16.5. The first-order valence-electron chi connectivity index (χ1n) is 8.50. The average molecular weight is 347 g/mol. The normalized spacial score (nSPS) is 21.5. The van der Waals surface area contributed by atoms with Crippen LogP contribution in [0.2, 0.25) is 0 Å². The van der Waals surface area contributed by atoms with E-state index < -0.39 is 11.6 Å². The summed E-state index contributed by atoms with van der Waals surface area (Å²) in [6.45, 7) is 1.87. The van der Waals surface area contributed by atoms with E-state index in [4.69, 9.17) is 10.5 Å². The van der Waals surface area contributed by atoms with Gasteiger partial charge in [-0.2, -0.15) is 0 Å². The van der Waals surface area contributed by atoms with Crippen molar-refractivity contribution in [2.24, 2.45) is 5.73 Å². The zero-order valence-corrected chi connectivity index (χ0v) is 14.0. The lowest BCUT2D eigenvalue weighted by Crippen LogP contribution is -2.42. The lowest BCUT2D eigenvalue weighted by atomic mass is 9.92. The fourth-order valence-corrected chi connectivity index (χ4v) is 3.94. The van der Waals surface area contributed by atoms with Crippen LogP contribution >= 0.6 is 0 Å². The van der Waals surface area contributed by atoms with Gasteiger partial charge in [-0.25, -0.2) is 9.67 Å². The number of hydrogen-bond acceptors (Lipinski definition) is 5. The Balaban J connectivity index is 1.81. The molecule has 1 fully saturated rings. The topological polar surface area (TPSA) is 86.3 Å². The van der Waals surface area contributed by atoms with Gasteiger partial charge in [0.2, 0.25) is 5.82 Å². The molecule has 2 aromatic carbocycles. The summed E-state index contributed by atoms with van der Waals surface area (Å²) in [4.78, 5) is 18.2. The standard InChI is InChI=1S/C19H17N5O2/c20-17(25)18-21-16-12-23-10-11-26-19(23,13-6-2-1-3-7-13)14-8-4-5-9-15(14)24(16)22-18/h1-9H,10-12H2,(H2,20,25). The SMILES string of the molecule is NC(=O)c1nc2n(n1)-c1ccccc1C1(c3ccccc3)OCCN1C2. The van der Waals surface area contributed by atoms with Crippen LogP contribution in [0.3, 0.4) is 0 Å². The number of nitrogens with two attached hydrogens (primary N) is 1. The van der Waals surface area contributed by atoms with E-state index in [1.54, 1.807) is 4.68 Å². The molecule has 0 aliphatic carbocycles. The van der Waals surface area contributed by atoms with Crippen LogP contribution in [0.25, 0.3) is 5.69 Å². The van der Waals surface area contributed by atoms with E-state index in [1.165, 1.54) is 0 Å². The molecule has 3 heterocycles. The van der Waals surface area contributed by atoms with Crippen molar-refractivity contribution in [1.29, 1.82) is 0 Å². The van der Waals surface area contributed by atoms with Crippen LogP contribution in [-0.4, -0.2) is 38.7 Å². The molecule has 0 saturated carbocycles. The van der Waals surface area contributed by atoms with E-state index in [2.05, 4.69) is 27.1 Å². The first-order chi connectivity index (χ1) is 12.7. The number of benzene rings is 2. The largest absolute Gasteiger partial charge is 0.363 e. The molecular weight excluding hydrogens is 330 g/mol. The molecule has 2 aliphatic rings. The van der Waals surface area contributed by atoms with Gasteiger partial charge in [0.25, 0.3) is 5.91 Å². The maximum absolute atomic E-state index is 11.6. The molecule has 0 radical (unpaired) electrons. The summed E-state index contributed by atoms with van der Waals surface area (Å²) in [7, 11) is 0. The smallest absolute Gasteiger partial charge is 0.288 e. The number of ether oxygens (including phenoxy) is 1. The summed E-state index contributed by atoms with van der Waals surface area (Å²) in [6, 6.07) is 18.1. The highest BCUT2D eigenvalue weighted by molar-refractivity contribution is 5.88. The number of rotatable bonds is 2. The van der Waals surface area contributed by atoms with Gasteiger partial charge in [-0.3, -0.25) is 9.69 Å². The molecule has 2 aliphatic heterocycles. The second-order valence-corrected chi connectivity index (χ2v) is 6.42. The fraction of sp³-hybridized carbons (Fsp3) is 0.211. The third kappa shape index (κ3) is 1.98. The van der Waals surface area contributed by atoms with Crippen LogP contribution in [0.15, 0.2) is 54.6 Å². The molecule has 0 spiro atoms. The quantitative estimate of drug-likeness (QED) is 0.757. The van der Waals surface area contributed by atoms with Gasteiger partial charge in [-0.05, 0) is 6.07 Å². The number of fused-ring (bicyclic) bond motifs is 5. The molecule has 2 N–H and O–H groups in total. The monoisotopic (exact) mass is 347 g/mol. The van der Waals surface area contributed by atoms with Gasteiger partial charge in [-0.1, -0.05) is 48.5 Å². The molecular formula is C19H17N5O2. The number of carbonyl (C=O) groups excluding carboxylic acids is 1. The number of hydrogen-bond donors (Lipinski definition) is 1. The molecule has 1 aromatic heterocycles. The maximum atomic E-state index is 11.6. The number of aromatic nitrogens is 3. The Morgan fingerprint density at radius 3 is 2.69 bits per heavy atom. The van der Waals surface area contributed by atoms with Gasteiger partial charge in [0, 0.05) is 17.7 Å². The van der Waals surface area contributed by atoms with Crippen LogP contribution in [0.4, 0.5) is 0 Å². The minimum absolute atomic E-state index is 0.0297. The van der Waals surface area contributed by atoms with E-state index in [1.807, 2.05) is 42.5 Å². The fourth-order valence-electron chi connectivity index (χ4n) is 3.94. The molecule has 5 rings (SSSR count). The van der Waals surface area contributed by atoms with Crippen molar-refractivity contribution in [1.82, 2.24) is 19.7 Å². The van der Waals surface area contributed by atoms with Gasteiger partial charge >= 0.3 is 0 Å². The van der Waals surface area contributed by atoms with Crippen LogP contribution in [0.1, 0.15) is 27.6 Å². The Bertz CT molecular complexity index is 1000. The predicted octanol–water partition coefficient (Wildman–Crippen LogP) is 1.41. The number of carbonyl (C=O) groups is 1. The Labute approximate surface area is 150 Å². The van der Waals surface area contributed by atoms with Crippen molar-refractivity contribution in [3.63, 3.8) is 0 Å². The van der Waals surface area contributed by atoms with E-state index in [0.29, 0.717) is 19.0 Å². The summed E-state index contributed by atoms with van der Waals surface area (Å²) in [6.07, 6.45) is 0. The maximum Gasteiger partial charge on any atom is 0.288 e. The summed E-state index contributed by atoms with van der Waals surface area (Å²) in [5, 5.41) is 4.35. The zero-order chi connectivity index (χ0) is 17.7. The van der Waals surface area contributed by atoms with Crippen molar-refractivity contribution in [3.05, 3.63) is 77.4 Å². The Morgan fingerprint density at radius 2 is 1.88 bits per heavy atom. The van der Waals surface area contributed by atoms with Gasteiger partial charge in [-0.15, -0.1) is 5.10 Å². The number of primary amides is 1. The lowest BCUT2D eigenvalue weighted by molar-refractivity contribution is -0.0551.